The molecule has 0 bridgehead atoms. The Morgan fingerprint density at radius 3 is 1.87 bits per heavy atom. The summed E-state index contributed by atoms with van der Waals surface area (Å²) in [6, 6.07) is 37.9. The summed E-state index contributed by atoms with van der Waals surface area (Å²) in [5.74, 6) is 0. The van der Waals surface area contributed by atoms with Gasteiger partial charge < -0.3 is 4.98 Å². The Bertz CT molecular complexity index is 1450. The van der Waals surface area contributed by atoms with Gasteiger partial charge in [-0.3, -0.25) is 0 Å². The fourth-order valence-corrected chi connectivity index (χ4v) is 4.37. The number of hydrogen-bond donors (Lipinski definition) is 1. The van der Waals surface area contributed by atoms with Crippen LogP contribution in [0.5, 0.6) is 0 Å². The lowest BCUT2D eigenvalue weighted by Gasteiger charge is -2.02. The van der Waals surface area contributed by atoms with E-state index in [9.17, 15) is 0 Å². The number of nitrogens with one attached hydrogen (secondary N) is 1. The minimum atomic E-state index is 0.987. The van der Waals surface area contributed by atoms with E-state index in [0.29, 0.717) is 0 Å². The smallest absolute Gasteiger partial charge is 0.0788 e. The first-order chi connectivity index (χ1) is 15.4. The molecule has 31 heavy (non-hydrogen) atoms. The Labute approximate surface area is 181 Å². The van der Waals surface area contributed by atoms with Crippen LogP contribution in [0, 0.1) is 0 Å². The number of rotatable bonds is 3. The van der Waals surface area contributed by atoms with Crippen molar-refractivity contribution in [3.63, 3.8) is 0 Å². The zero-order valence-electron chi connectivity index (χ0n) is 16.9. The number of fused-ring (bicyclic) bond motifs is 2. The second kappa shape index (κ2) is 7.26. The molecule has 1 aliphatic rings. The summed E-state index contributed by atoms with van der Waals surface area (Å²) >= 11 is 0. The Morgan fingerprint density at radius 2 is 1.13 bits per heavy atom. The van der Waals surface area contributed by atoms with Gasteiger partial charge in [-0.15, -0.1) is 0 Å². The van der Waals surface area contributed by atoms with Gasteiger partial charge in [-0.25, -0.2) is 4.99 Å². The number of H-pyrrole nitrogens is 1. The van der Waals surface area contributed by atoms with E-state index < -0.39 is 0 Å². The summed E-state index contributed by atoms with van der Waals surface area (Å²) in [5.41, 5.74) is 8.91. The van der Waals surface area contributed by atoms with Gasteiger partial charge in [-0.2, -0.15) is 0 Å². The predicted molar refractivity (Wildman–Crippen MR) is 130 cm³/mol. The molecule has 5 aromatic rings. The third-order valence-electron chi connectivity index (χ3n) is 5.83. The molecule has 6 rings (SSSR count). The van der Waals surface area contributed by atoms with Gasteiger partial charge in [0.1, 0.15) is 0 Å². The maximum Gasteiger partial charge on any atom is 0.0788 e. The summed E-state index contributed by atoms with van der Waals surface area (Å²) in [5, 5.41) is 2.42. The van der Waals surface area contributed by atoms with Crippen molar-refractivity contribution >= 4 is 28.3 Å². The van der Waals surface area contributed by atoms with Crippen molar-refractivity contribution in [2.75, 3.05) is 0 Å². The molecule has 0 radical (unpaired) electrons. The third kappa shape index (κ3) is 3.01. The second-order valence-electron chi connectivity index (χ2n) is 7.73. The Balaban J connectivity index is 1.55. The average Bonchev–Trinajstić information content (AvgIpc) is 3.40. The maximum absolute atomic E-state index is 5.07. The summed E-state index contributed by atoms with van der Waals surface area (Å²) in [6.07, 6.45) is 2.18. The number of nitrogens with zero attached hydrogens (tertiary/aromatic N) is 1. The van der Waals surface area contributed by atoms with Crippen molar-refractivity contribution in [3.8, 4) is 11.3 Å². The minimum Gasteiger partial charge on any atom is -0.354 e. The average molecular weight is 396 g/mol. The minimum absolute atomic E-state index is 0.987. The van der Waals surface area contributed by atoms with Crippen molar-refractivity contribution in [2.24, 2.45) is 4.99 Å². The largest absolute Gasteiger partial charge is 0.354 e. The fourth-order valence-electron chi connectivity index (χ4n) is 4.37. The highest BCUT2D eigenvalue weighted by Gasteiger charge is 2.21. The molecule has 2 heterocycles. The molecule has 4 aromatic carbocycles. The van der Waals surface area contributed by atoms with E-state index in [1.54, 1.807) is 0 Å². The number of hydrogen-bond acceptors (Lipinski definition) is 1. The van der Waals surface area contributed by atoms with Gasteiger partial charge in [0, 0.05) is 33.2 Å². The van der Waals surface area contributed by atoms with Crippen LogP contribution in [-0.2, 0) is 0 Å². The van der Waals surface area contributed by atoms with Gasteiger partial charge in [0.15, 0.2) is 0 Å². The SMILES string of the molecule is C(=C1/N=C(c2ccccc2)c2ccccc21)/c1[nH]c(-c2ccccc2)c2ccccc12. The van der Waals surface area contributed by atoms with E-state index in [0.717, 1.165) is 28.4 Å². The van der Waals surface area contributed by atoms with Crippen molar-refractivity contribution in [2.45, 2.75) is 0 Å². The lowest BCUT2D eigenvalue weighted by molar-refractivity contribution is 1.38. The van der Waals surface area contributed by atoms with Gasteiger partial charge in [-0.05, 0) is 11.6 Å². The first-order valence-electron chi connectivity index (χ1n) is 10.5. The van der Waals surface area contributed by atoms with Crippen molar-refractivity contribution in [1.82, 2.24) is 4.98 Å². The number of benzene rings is 4. The molecule has 1 N–H and O–H groups in total. The first-order valence-corrected chi connectivity index (χ1v) is 10.5. The summed E-state index contributed by atoms with van der Waals surface area (Å²) in [7, 11) is 0. The van der Waals surface area contributed by atoms with E-state index in [1.807, 2.05) is 12.1 Å². The summed E-state index contributed by atoms with van der Waals surface area (Å²) < 4.78 is 0. The molecule has 1 aromatic heterocycles. The topological polar surface area (TPSA) is 28.1 Å². The Morgan fingerprint density at radius 1 is 0.548 bits per heavy atom. The zero-order valence-corrected chi connectivity index (χ0v) is 16.9. The monoisotopic (exact) mass is 396 g/mol. The lowest BCUT2D eigenvalue weighted by Crippen LogP contribution is -1.99. The maximum atomic E-state index is 5.07. The van der Waals surface area contributed by atoms with E-state index >= 15 is 0 Å². The molecular formula is C29H20N2. The lowest BCUT2D eigenvalue weighted by atomic mass is 9.99. The van der Waals surface area contributed by atoms with E-state index in [2.05, 4.69) is 108 Å². The molecule has 0 unspecified atom stereocenters. The van der Waals surface area contributed by atoms with E-state index in [1.165, 1.54) is 27.5 Å². The molecule has 146 valence electrons. The Kier molecular flexibility index (Phi) is 4.14. The van der Waals surface area contributed by atoms with Gasteiger partial charge in [0.25, 0.3) is 0 Å². The van der Waals surface area contributed by atoms with E-state index in [4.69, 9.17) is 4.99 Å². The first kappa shape index (κ1) is 17.7. The van der Waals surface area contributed by atoms with Crippen molar-refractivity contribution in [1.29, 1.82) is 0 Å². The van der Waals surface area contributed by atoms with Crippen LogP contribution in [0.15, 0.2) is 114 Å². The molecule has 2 nitrogen and oxygen atoms in total. The molecule has 2 heteroatoms. The molecule has 0 aliphatic carbocycles. The standard InChI is InChI=1S/C29H20N2/c1-3-11-20(12-4-1)28-24-17-9-7-15-22(24)26(30-28)19-27-23-16-8-10-18-25(23)29(31-27)21-13-5-2-6-14-21/h1-19,30H/b27-19-. The molecule has 0 saturated heterocycles. The molecule has 1 aliphatic heterocycles. The van der Waals surface area contributed by atoms with Crippen molar-refractivity contribution in [3.05, 3.63) is 132 Å². The predicted octanol–water partition coefficient (Wildman–Crippen LogP) is 7.18. The second-order valence-corrected chi connectivity index (χ2v) is 7.73. The van der Waals surface area contributed by atoms with Gasteiger partial charge >= 0.3 is 0 Å². The molecular weight excluding hydrogens is 376 g/mol. The van der Waals surface area contributed by atoms with Crippen molar-refractivity contribution < 1.29 is 0 Å². The number of aliphatic imine (C=N–C) groups is 1. The zero-order chi connectivity index (χ0) is 20.6. The highest BCUT2D eigenvalue weighted by Crippen LogP contribution is 2.36. The van der Waals surface area contributed by atoms with Crippen LogP contribution in [0.1, 0.15) is 22.4 Å². The fraction of sp³-hybridized carbons (Fsp3) is 0. The van der Waals surface area contributed by atoms with Crippen LogP contribution in [0.4, 0.5) is 0 Å². The van der Waals surface area contributed by atoms with Crippen LogP contribution in [-0.4, -0.2) is 10.7 Å². The summed E-state index contributed by atoms with van der Waals surface area (Å²) in [4.78, 5) is 8.74. The van der Waals surface area contributed by atoms with Crippen LogP contribution in [0.25, 0.3) is 33.8 Å². The summed E-state index contributed by atoms with van der Waals surface area (Å²) in [6.45, 7) is 0. The van der Waals surface area contributed by atoms with Gasteiger partial charge in [0.05, 0.1) is 17.1 Å². The third-order valence-corrected chi connectivity index (χ3v) is 5.83. The van der Waals surface area contributed by atoms with Gasteiger partial charge in [0.2, 0.25) is 0 Å². The molecule has 0 spiro atoms. The van der Waals surface area contributed by atoms with E-state index in [-0.39, 0.29) is 0 Å². The molecule has 0 amide bonds. The highest BCUT2D eigenvalue weighted by molar-refractivity contribution is 6.21. The van der Waals surface area contributed by atoms with Crippen LogP contribution in [0.2, 0.25) is 0 Å². The number of aromatic nitrogens is 1. The van der Waals surface area contributed by atoms with Gasteiger partial charge in [-0.1, -0.05) is 109 Å². The number of aromatic amines is 1. The Hall–Kier alpha value is -4.17. The molecule has 0 saturated carbocycles. The molecule has 0 atom stereocenters. The normalized spacial score (nSPS) is 14.1. The van der Waals surface area contributed by atoms with Crippen LogP contribution >= 0.6 is 0 Å². The quantitative estimate of drug-likeness (QED) is 0.334. The molecule has 0 fully saturated rings. The highest BCUT2D eigenvalue weighted by atomic mass is 14.8. The van der Waals surface area contributed by atoms with Crippen LogP contribution < -0.4 is 0 Å². The van der Waals surface area contributed by atoms with Crippen LogP contribution in [0.3, 0.4) is 0 Å².